The van der Waals surface area contributed by atoms with Crippen LogP contribution in [0.1, 0.15) is 13.8 Å². The van der Waals surface area contributed by atoms with Gasteiger partial charge in [0.1, 0.15) is 0 Å². The van der Waals surface area contributed by atoms with Crippen molar-refractivity contribution in [3.05, 3.63) is 70.8 Å². The molecule has 0 heterocycles. The first-order valence-electron chi connectivity index (χ1n) is 6.68. The van der Waals surface area contributed by atoms with Crippen LogP contribution in [0.3, 0.4) is 0 Å². The van der Waals surface area contributed by atoms with Crippen LogP contribution in [0.2, 0.25) is 0 Å². The van der Waals surface area contributed by atoms with Gasteiger partial charge in [0.25, 0.3) is 5.69 Å². The summed E-state index contributed by atoms with van der Waals surface area (Å²) in [5.74, 6) is 0. The second-order valence-electron chi connectivity index (χ2n) is 4.10. The molecule has 0 unspecified atom stereocenters. The summed E-state index contributed by atoms with van der Waals surface area (Å²) in [7, 11) is 0. The number of nitrogens with zero attached hydrogens (tertiary/aromatic N) is 2. The van der Waals surface area contributed by atoms with Crippen LogP contribution in [-0.4, -0.2) is 18.0 Å². The summed E-state index contributed by atoms with van der Waals surface area (Å²) < 4.78 is 0. The lowest BCUT2D eigenvalue weighted by Gasteiger charge is -2.20. The maximum Gasteiger partial charge on any atom is 0.269 e. The van der Waals surface area contributed by atoms with E-state index in [2.05, 4.69) is 43.0 Å². The highest BCUT2D eigenvalue weighted by Crippen LogP contribution is 2.11. The van der Waals surface area contributed by atoms with Gasteiger partial charge in [0.2, 0.25) is 0 Å². The maximum atomic E-state index is 10.0. The number of anilines is 1. The van der Waals surface area contributed by atoms with Crippen LogP contribution in [0.5, 0.6) is 0 Å². The van der Waals surface area contributed by atoms with Crippen molar-refractivity contribution in [2.45, 2.75) is 13.8 Å². The Balaban J connectivity index is 0.000000204. The highest BCUT2D eigenvalue weighted by molar-refractivity contribution is 5.45. The van der Waals surface area contributed by atoms with Gasteiger partial charge in [-0.1, -0.05) is 36.4 Å². The van der Waals surface area contributed by atoms with E-state index in [0.717, 1.165) is 13.1 Å². The van der Waals surface area contributed by atoms with E-state index in [1.165, 1.54) is 17.8 Å². The fourth-order valence-electron chi connectivity index (χ4n) is 1.78. The first-order chi connectivity index (χ1) is 9.69. The summed E-state index contributed by atoms with van der Waals surface area (Å²) in [6.07, 6.45) is 0. The Morgan fingerprint density at radius 1 is 0.900 bits per heavy atom. The summed E-state index contributed by atoms with van der Waals surface area (Å²) in [5.41, 5.74) is 1.45. The van der Waals surface area contributed by atoms with Crippen molar-refractivity contribution in [1.82, 2.24) is 0 Å². The van der Waals surface area contributed by atoms with E-state index < -0.39 is 4.92 Å². The summed E-state index contributed by atoms with van der Waals surface area (Å²) in [6.45, 7) is 6.52. The molecule has 0 fully saturated rings. The maximum absolute atomic E-state index is 10.0. The van der Waals surface area contributed by atoms with Gasteiger partial charge in [-0.15, -0.1) is 0 Å². The monoisotopic (exact) mass is 272 g/mol. The Labute approximate surface area is 119 Å². The quantitative estimate of drug-likeness (QED) is 0.621. The van der Waals surface area contributed by atoms with Crippen LogP contribution in [0.4, 0.5) is 11.4 Å². The Morgan fingerprint density at radius 2 is 1.35 bits per heavy atom. The molecule has 0 N–H and O–H groups in total. The van der Waals surface area contributed by atoms with Crippen LogP contribution in [-0.2, 0) is 0 Å². The van der Waals surface area contributed by atoms with E-state index in [1.54, 1.807) is 18.2 Å². The molecule has 0 spiro atoms. The minimum absolute atomic E-state index is 0.137. The van der Waals surface area contributed by atoms with Crippen molar-refractivity contribution in [2.75, 3.05) is 18.0 Å². The van der Waals surface area contributed by atoms with Gasteiger partial charge < -0.3 is 4.90 Å². The standard InChI is InChI=1S/C10H15N.C6H5NO2/c1-3-11(4-2)10-8-6-5-7-9-10;8-7(9)6-4-2-1-3-5-6/h5-9H,3-4H2,1-2H3;1-5H. The SMILES string of the molecule is CCN(CC)c1ccccc1.O=[N+]([O-])c1ccccc1. The van der Waals surface area contributed by atoms with Gasteiger partial charge in [-0.3, -0.25) is 10.1 Å². The third kappa shape index (κ3) is 5.10. The first kappa shape index (κ1) is 15.7. The number of nitro groups is 1. The smallest absolute Gasteiger partial charge is 0.269 e. The van der Waals surface area contributed by atoms with E-state index in [1.807, 2.05) is 6.07 Å². The van der Waals surface area contributed by atoms with Gasteiger partial charge in [-0.2, -0.15) is 0 Å². The first-order valence-corrected chi connectivity index (χ1v) is 6.68. The molecular weight excluding hydrogens is 252 g/mol. The summed E-state index contributed by atoms with van der Waals surface area (Å²) in [6, 6.07) is 18.4. The largest absolute Gasteiger partial charge is 0.372 e. The second kappa shape index (κ2) is 8.69. The lowest BCUT2D eigenvalue weighted by molar-refractivity contribution is -0.384. The van der Waals surface area contributed by atoms with E-state index in [-0.39, 0.29) is 5.69 Å². The number of rotatable bonds is 4. The molecule has 0 atom stereocenters. The number of benzene rings is 2. The molecule has 4 heteroatoms. The lowest BCUT2D eigenvalue weighted by atomic mass is 10.3. The molecule has 20 heavy (non-hydrogen) atoms. The number of hydrogen-bond donors (Lipinski definition) is 0. The Morgan fingerprint density at radius 3 is 1.70 bits per heavy atom. The Kier molecular flexibility index (Phi) is 6.82. The molecule has 2 aromatic carbocycles. The molecule has 0 saturated heterocycles. The van der Waals surface area contributed by atoms with E-state index in [4.69, 9.17) is 0 Å². The molecule has 0 aliphatic carbocycles. The fourth-order valence-corrected chi connectivity index (χ4v) is 1.78. The zero-order valence-corrected chi connectivity index (χ0v) is 11.9. The highest BCUT2D eigenvalue weighted by atomic mass is 16.6. The number of para-hydroxylation sites is 2. The van der Waals surface area contributed by atoms with Crippen molar-refractivity contribution in [3.63, 3.8) is 0 Å². The van der Waals surface area contributed by atoms with Gasteiger partial charge in [-0.25, -0.2) is 0 Å². The number of hydrogen-bond acceptors (Lipinski definition) is 3. The fraction of sp³-hybridized carbons (Fsp3) is 0.250. The van der Waals surface area contributed by atoms with Crippen LogP contribution in [0, 0.1) is 10.1 Å². The van der Waals surface area contributed by atoms with E-state index in [0.29, 0.717) is 0 Å². The zero-order chi connectivity index (χ0) is 14.8. The van der Waals surface area contributed by atoms with Crippen molar-refractivity contribution in [2.24, 2.45) is 0 Å². The van der Waals surface area contributed by atoms with Crippen LogP contribution in [0.15, 0.2) is 60.7 Å². The number of nitro benzene ring substituents is 1. The average Bonchev–Trinajstić information content (AvgIpc) is 2.51. The zero-order valence-electron chi connectivity index (χ0n) is 11.9. The molecule has 0 aromatic heterocycles. The van der Waals surface area contributed by atoms with Crippen molar-refractivity contribution < 1.29 is 4.92 Å². The summed E-state index contributed by atoms with van der Waals surface area (Å²) in [4.78, 5) is 11.9. The van der Waals surface area contributed by atoms with Gasteiger partial charge in [0, 0.05) is 30.9 Å². The van der Waals surface area contributed by atoms with Gasteiger partial charge >= 0.3 is 0 Å². The average molecular weight is 272 g/mol. The molecule has 2 rings (SSSR count). The third-order valence-corrected chi connectivity index (χ3v) is 2.85. The van der Waals surface area contributed by atoms with Crippen LogP contribution >= 0.6 is 0 Å². The second-order valence-corrected chi connectivity index (χ2v) is 4.10. The third-order valence-electron chi connectivity index (χ3n) is 2.85. The molecule has 2 aromatic rings. The predicted octanol–water partition coefficient (Wildman–Crippen LogP) is 4.13. The van der Waals surface area contributed by atoms with Gasteiger partial charge in [0.15, 0.2) is 0 Å². The van der Waals surface area contributed by atoms with Crippen molar-refractivity contribution >= 4 is 11.4 Å². The minimum atomic E-state index is -0.417. The number of non-ortho nitro benzene ring substituents is 1. The Hall–Kier alpha value is -2.36. The van der Waals surface area contributed by atoms with Crippen LogP contribution in [0.25, 0.3) is 0 Å². The molecule has 0 bridgehead atoms. The van der Waals surface area contributed by atoms with Gasteiger partial charge in [0.05, 0.1) is 4.92 Å². The molecule has 0 saturated carbocycles. The normalized spacial score (nSPS) is 9.30. The predicted molar refractivity (Wildman–Crippen MR) is 83.1 cm³/mol. The molecular formula is C16H20N2O2. The van der Waals surface area contributed by atoms with E-state index >= 15 is 0 Å². The van der Waals surface area contributed by atoms with Gasteiger partial charge in [-0.05, 0) is 26.0 Å². The Bertz CT molecular complexity index is 496. The molecule has 0 aliphatic heterocycles. The minimum Gasteiger partial charge on any atom is -0.372 e. The lowest BCUT2D eigenvalue weighted by Crippen LogP contribution is -2.21. The molecule has 0 radical (unpaired) electrons. The topological polar surface area (TPSA) is 46.4 Å². The summed E-state index contributed by atoms with van der Waals surface area (Å²) >= 11 is 0. The van der Waals surface area contributed by atoms with Crippen molar-refractivity contribution in [1.29, 1.82) is 0 Å². The van der Waals surface area contributed by atoms with Crippen molar-refractivity contribution in [3.8, 4) is 0 Å². The summed E-state index contributed by atoms with van der Waals surface area (Å²) in [5, 5.41) is 10.0. The molecule has 0 aliphatic rings. The van der Waals surface area contributed by atoms with E-state index in [9.17, 15) is 10.1 Å². The van der Waals surface area contributed by atoms with Crippen LogP contribution < -0.4 is 4.90 Å². The molecule has 106 valence electrons. The molecule has 0 amide bonds. The highest BCUT2D eigenvalue weighted by Gasteiger charge is 1.98. The molecule has 4 nitrogen and oxygen atoms in total.